The zero-order valence-corrected chi connectivity index (χ0v) is 13.4. The highest BCUT2D eigenvalue weighted by Crippen LogP contribution is 2.28. The number of carbonyl (C=O) groups excluding carboxylic acids is 1. The Bertz CT molecular complexity index is 926. The van der Waals surface area contributed by atoms with Crippen LogP contribution in [-0.2, 0) is 0 Å². The van der Waals surface area contributed by atoms with Crippen LogP contribution in [0.15, 0.2) is 20.7 Å². The van der Waals surface area contributed by atoms with E-state index < -0.39 is 5.91 Å². The Morgan fingerprint density at radius 1 is 1.33 bits per heavy atom. The molecular weight excluding hydrogens is 332 g/mol. The highest BCUT2D eigenvalue weighted by Gasteiger charge is 2.21. The van der Waals surface area contributed by atoms with Gasteiger partial charge in [-0.3, -0.25) is 14.9 Å². The minimum Gasteiger partial charge on any atom is -0.439 e. The number of thiophene rings is 1. The SMILES string of the molecule is O=C(Nc1nnn[nH]1)c1csc2c(=O)cc(N3CCCCC3)oc12. The molecule has 2 N–H and O–H groups in total. The van der Waals surface area contributed by atoms with Gasteiger partial charge in [0.05, 0.1) is 5.56 Å². The first-order valence-corrected chi connectivity index (χ1v) is 8.46. The van der Waals surface area contributed by atoms with Gasteiger partial charge in [-0.05, 0) is 29.7 Å². The summed E-state index contributed by atoms with van der Waals surface area (Å²) in [7, 11) is 0. The summed E-state index contributed by atoms with van der Waals surface area (Å²) in [6.45, 7) is 1.70. The highest BCUT2D eigenvalue weighted by atomic mass is 32.1. The summed E-state index contributed by atoms with van der Waals surface area (Å²) in [6, 6.07) is 1.51. The number of fused-ring (bicyclic) bond motifs is 1. The van der Waals surface area contributed by atoms with Crippen LogP contribution < -0.4 is 15.6 Å². The van der Waals surface area contributed by atoms with E-state index in [1.54, 1.807) is 5.38 Å². The molecule has 1 saturated heterocycles. The molecule has 4 heterocycles. The lowest BCUT2D eigenvalue weighted by Crippen LogP contribution is -2.30. The van der Waals surface area contributed by atoms with Crippen molar-refractivity contribution in [3.8, 4) is 0 Å². The van der Waals surface area contributed by atoms with Crippen molar-refractivity contribution in [3.05, 3.63) is 27.2 Å². The van der Waals surface area contributed by atoms with Gasteiger partial charge in [-0.2, -0.15) is 0 Å². The Hall–Kier alpha value is -2.75. The van der Waals surface area contributed by atoms with E-state index in [0.29, 0.717) is 21.7 Å². The van der Waals surface area contributed by atoms with Crippen molar-refractivity contribution in [1.82, 2.24) is 20.6 Å². The molecule has 1 amide bonds. The third-order valence-corrected chi connectivity index (χ3v) is 4.90. The standard InChI is InChI=1S/C14H14N6O3S/c21-9-6-10(20-4-2-1-3-5-20)23-11-8(7-24-12(9)11)13(22)15-14-16-18-19-17-14/h6-7H,1-5H2,(H2,15,16,17,18,19,22). The van der Waals surface area contributed by atoms with Gasteiger partial charge in [0, 0.05) is 24.5 Å². The van der Waals surface area contributed by atoms with Gasteiger partial charge < -0.3 is 9.32 Å². The molecule has 124 valence electrons. The number of aromatic nitrogens is 4. The normalized spacial score (nSPS) is 14.9. The number of aromatic amines is 1. The maximum Gasteiger partial charge on any atom is 0.262 e. The first-order valence-electron chi connectivity index (χ1n) is 7.58. The maximum absolute atomic E-state index is 12.4. The van der Waals surface area contributed by atoms with E-state index in [0.717, 1.165) is 25.9 Å². The summed E-state index contributed by atoms with van der Waals surface area (Å²) < 4.78 is 6.33. The molecule has 0 aromatic carbocycles. The highest BCUT2D eigenvalue weighted by molar-refractivity contribution is 7.17. The largest absolute Gasteiger partial charge is 0.439 e. The van der Waals surface area contributed by atoms with Crippen LogP contribution in [0.4, 0.5) is 11.8 Å². The summed E-state index contributed by atoms with van der Waals surface area (Å²) in [5, 5.41) is 17.0. The van der Waals surface area contributed by atoms with Crippen LogP contribution in [0, 0.1) is 0 Å². The fraction of sp³-hybridized carbons (Fsp3) is 0.357. The Morgan fingerprint density at radius 2 is 2.17 bits per heavy atom. The van der Waals surface area contributed by atoms with E-state index in [1.165, 1.54) is 23.8 Å². The number of rotatable bonds is 3. The van der Waals surface area contributed by atoms with Crippen molar-refractivity contribution >= 4 is 39.4 Å². The Labute approximate surface area is 139 Å². The molecule has 0 bridgehead atoms. The number of nitrogens with one attached hydrogen (secondary N) is 2. The van der Waals surface area contributed by atoms with E-state index in [9.17, 15) is 9.59 Å². The maximum atomic E-state index is 12.4. The average Bonchev–Trinajstić information content (AvgIpc) is 3.25. The van der Waals surface area contributed by atoms with Crippen LogP contribution in [0.2, 0.25) is 0 Å². The molecule has 4 rings (SSSR count). The number of carbonyl (C=O) groups is 1. The van der Waals surface area contributed by atoms with Crippen molar-refractivity contribution < 1.29 is 9.21 Å². The van der Waals surface area contributed by atoms with Gasteiger partial charge in [0.15, 0.2) is 11.5 Å². The molecule has 0 radical (unpaired) electrons. The fourth-order valence-electron chi connectivity index (χ4n) is 2.74. The molecule has 9 nitrogen and oxygen atoms in total. The first-order chi connectivity index (χ1) is 11.7. The van der Waals surface area contributed by atoms with Crippen LogP contribution in [0.1, 0.15) is 29.6 Å². The average molecular weight is 346 g/mol. The predicted molar refractivity (Wildman–Crippen MR) is 88.6 cm³/mol. The molecule has 10 heteroatoms. The van der Waals surface area contributed by atoms with Gasteiger partial charge in [0.25, 0.3) is 5.91 Å². The van der Waals surface area contributed by atoms with Gasteiger partial charge in [-0.25, -0.2) is 5.10 Å². The van der Waals surface area contributed by atoms with E-state index in [1.807, 2.05) is 4.90 Å². The number of tetrazole rings is 1. The number of amides is 1. The van der Waals surface area contributed by atoms with E-state index in [4.69, 9.17) is 4.42 Å². The lowest BCUT2D eigenvalue weighted by Gasteiger charge is -2.26. The van der Waals surface area contributed by atoms with Crippen LogP contribution in [0.5, 0.6) is 0 Å². The summed E-state index contributed by atoms with van der Waals surface area (Å²) in [4.78, 5) is 26.8. The van der Waals surface area contributed by atoms with Crippen molar-refractivity contribution in [2.45, 2.75) is 19.3 Å². The third kappa shape index (κ3) is 2.64. The topological polar surface area (TPSA) is 117 Å². The summed E-state index contributed by atoms with van der Waals surface area (Å²) >= 11 is 1.19. The molecule has 0 spiro atoms. The van der Waals surface area contributed by atoms with E-state index in [2.05, 4.69) is 25.9 Å². The molecule has 1 fully saturated rings. The van der Waals surface area contributed by atoms with Crippen LogP contribution in [-0.4, -0.2) is 39.6 Å². The number of hydrogen-bond donors (Lipinski definition) is 2. The van der Waals surface area contributed by atoms with Gasteiger partial charge in [0.1, 0.15) is 4.70 Å². The minimum atomic E-state index is -0.432. The molecule has 1 aliphatic rings. The molecule has 24 heavy (non-hydrogen) atoms. The van der Waals surface area contributed by atoms with Crippen LogP contribution in [0.25, 0.3) is 10.3 Å². The van der Waals surface area contributed by atoms with Gasteiger partial charge in [-0.1, -0.05) is 5.10 Å². The Balaban J connectivity index is 1.72. The molecule has 0 unspecified atom stereocenters. The second-order valence-electron chi connectivity index (χ2n) is 5.51. The van der Waals surface area contributed by atoms with Crippen molar-refractivity contribution in [2.24, 2.45) is 0 Å². The van der Waals surface area contributed by atoms with Gasteiger partial charge in [-0.15, -0.1) is 11.3 Å². The van der Waals surface area contributed by atoms with Gasteiger partial charge in [0.2, 0.25) is 11.4 Å². The molecule has 1 aliphatic heterocycles. The van der Waals surface area contributed by atoms with E-state index in [-0.39, 0.29) is 11.4 Å². The van der Waals surface area contributed by atoms with Crippen molar-refractivity contribution in [2.75, 3.05) is 23.3 Å². The molecule has 3 aromatic rings. The van der Waals surface area contributed by atoms with Crippen LogP contribution >= 0.6 is 11.3 Å². The summed E-state index contributed by atoms with van der Waals surface area (Å²) in [5.41, 5.74) is 0.461. The first kappa shape index (κ1) is 14.8. The lowest BCUT2D eigenvalue weighted by molar-refractivity contribution is 0.102. The molecule has 0 saturated carbocycles. The summed E-state index contributed by atoms with van der Waals surface area (Å²) in [6.07, 6.45) is 3.31. The van der Waals surface area contributed by atoms with Crippen molar-refractivity contribution in [1.29, 1.82) is 0 Å². The third-order valence-electron chi connectivity index (χ3n) is 3.92. The number of nitrogens with zero attached hydrogens (tertiary/aromatic N) is 4. The Morgan fingerprint density at radius 3 is 2.92 bits per heavy atom. The van der Waals surface area contributed by atoms with Crippen LogP contribution in [0.3, 0.4) is 0 Å². The quantitative estimate of drug-likeness (QED) is 0.740. The number of hydrogen-bond acceptors (Lipinski definition) is 8. The number of H-pyrrole nitrogens is 1. The van der Waals surface area contributed by atoms with Gasteiger partial charge >= 0.3 is 0 Å². The molecular formula is C14H14N6O3S. The Kier molecular flexibility index (Phi) is 3.73. The number of piperidine rings is 1. The second-order valence-corrected chi connectivity index (χ2v) is 6.39. The number of anilines is 2. The predicted octanol–water partition coefficient (Wildman–Crippen LogP) is 1.61. The van der Waals surface area contributed by atoms with Crippen molar-refractivity contribution in [3.63, 3.8) is 0 Å². The fourth-order valence-corrected chi connectivity index (χ4v) is 3.63. The lowest BCUT2D eigenvalue weighted by atomic mass is 10.1. The smallest absolute Gasteiger partial charge is 0.262 e. The summed E-state index contributed by atoms with van der Waals surface area (Å²) in [5.74, 6) is 0.216. The molecule has 3 aromatic heterocycles. The zero-order chi connectivity index (χ0) is 16.5. The monoisotopic (exact) mass is 346 g/mol. The molecule has 0 aliphatic carbocycles. The second kappa shape index (κ2) is 6.04. The molecule has 0 atom stereocenters. The zero-order valence-electron chi connectivity index (χ0n) is 12.6. The minimum absolute atomic E-state index is 0.133. The van der Waals surface area contributed by atoms with E-state index >= 15 is 0 Å².